The minimum Gasteiger partial charge on any atom is -0.123 e. The largest absolute Gasteiger partial charge is 0.123 e. The molecule has 110 valence electrons. The fourth-order valence-electron chi connectivity index (χ4n) is 2.65. The molecule has 2 atom stereocenters. The molecule has 0 fully saturated rings. The summed E-state index contributed by atoms with van der Waals surface area (Å²) in [6.07, 6.45) is 16.9. The molecule has 0 heterocycles. The zero-order valence-corrected chi connectivity index (χ0v) is 13.8. The lowest BCUT2D eigenvalue weighted by atomic mass is 9.97. The Bertz CT molecular complexity index is 154. The monoisotopic (exact) mass is 274 g/mol. The summed E-state index contributed by atoms with van der Waals surface area (Å²) in [4.78, 5) is 0. The quantitative estimate of drug-likeness (QED) is 0.252. The van der Waals surface area contributed by atoms with Gasteiger partial charge in [0.1, 0.15) is 0 Å². The van der Waals surface area contributed by atoms with Gasteiger partial charge in [0.25, 0.3) is 0 Å². The summed E-state index contributed by atoms with van der Waals surface area (Å²) in [5, 5.41) is 0.350. The van der Waals surface area contributed by atoms with Gasteiger partial charge in [-0.3, -0.25) is 0 Å². The standard InChI is InChI=1S/C17H35Cl/c1-4-5-6-7-8-9-10-11-12-13-14-16(2)15-17(3)18/h16-17H,4-15H2,1-3H3. The van der Waals surface area contributed by atoms with Crippen molar-refractivity contribution in [2.24, 2.45) is 5.92 Å². The summed E-state index contributed by atoms with van der Waals surface area (Å²) in [5.74, 6) is 0.812. The molecule has 0 aliphatic heterocycles. The molecule has 0 aromatic carbocycles. The van der Waals surface area contributed by atoms with Crippen LogP contribution in [0.1, 0.15) is 97.8 Å². The summed E-state index contributed by atoms with van der Waals surface area (Å²) in [6.45, 7) is 6.73. The second-order valence-electron chi connectivity index (χ2n) is 6.09. The summed E-state index contributed by atoms with van der Waals surface area (Å²) in [5.41, 5.74) is 0. The number of unbranched alkanes of at least 4 members (excludes halogenated alkanes) is 9. The minimum absolute atomic E-state index is 0.350. The van der Waals surface area contributed by atoms with Gasteiger partial charge in [-0.2, -0.15) is 0 Å². The van der Waals surface area contributed by atoms with Crippen LogP contribution in [0.3, 0.4) is 0 Å². The Hall–Kier alpha value is 0.290. The van der Waals surface area contributed by atoms with E-state index in [1.54, 1.807) is 0 Å². The van der Waals surface area contributed by atoms with E-state index in [-0.39, 0.29) is 0 Å². The fraction of sp³-hybridized carbons (Fsp3) is 1.00. The van der Waals surface area contributed by atoms with Crippen molar-refractivity contribution in [1.82, 2.24) is 0 Å². The Morgan fingerprint density at radius 3 is 1.61 bits per heavy atom. The lowest BCUT2D eigenvalue weighted by Gasteiger charge is -2.12. The first kappa shape index (κ1) is 18.3. The second-order valence-corrected chi connectivity index (χ2v) is 6.84. The van der Waals surface area contributed by atoms with E-state index in [1.165, 1.54) is 77.0 Å². The van der Waals surface area contributed by atoms with Crippen molar-refractivity contribution in [2.75, 3.05) is 0 Å². The van der Waals surface area contributed by atoms with Crippen molar-refractivity contribution in [2.45, 2.75) is 103 Å². The van der Waals surface area contributed by atoms with E-state index < -0.39 is 0 Å². The van der Waals surface area contributed by atoms with Gasteiger partial charge in [0.05, 0.1) is 0 Å². The number of alkyl halides is 1. The summed E-state index contributed by atoms with van der Waals surface area (Å²) >= 11 is 6.01. The van der Waals surface area contributed by atoms with Crippen LogP contribution in [0.2, 0.25) is 0 Å². The Morgan fingerprint density at radius 2 is 1.17 bits per heavy atom. The average molecular weight is 275 g/mol. The van der Waals surface area contributed by atoms with Crippen molar-refractivity contribution < 1.29 is 0 Å². The van der Waals surface area contributed by atoms with E-state index in [0.717, 1.165) is 5.92 Å². The van der Waals surface area contributed by atoms with Gasteiger partial charge >= 0.3 is 0 Å². The second kappa shape index (κ2) is 13.7. The van der Waals surface area contributed by atoms with Crippen LogP contribution < -0.4 is 0 Å². The maximum absolute atomic E-state index is 6.01. The maximum atomic E-state index is 6.01. The highest BCUT2D eigenvalue weighted by atomic mass is 35.5. The lowest BCUT2D eigenvalue weighted by molar-refractivity contribution is 0.452. The van der Waals surface area contributed by atoms with Gasteiger partial charge in [0, 0.05) is 5.38 Å². The highest BCUT2D eigenvalue weighted by molar-refractivity contribution is 6.20. The Labute approximate surface area is 121 Å². The molecule has 2 unspecified atom stereocenters. The van der Waals surface area contributed by atoms with Gasteiger partial charge < -0.3 is 0 Å². The maximum Gasteiger partial charge on any atom is 0.0310 e. The van der Waals surface area contributed by atoms with E-state index >= 15 is 0 Å². The predicted molar refractivity (Wildman–Crippen MR) is 85.6 cm³/mol. The van der Waals surface area contributed by atoms with E-state index in [0.29, 0.717) is 5.38 Å². The molecular formula is C17H35Cl. The number of hydrogen-bond donors (Lipinski definition) is 0. The van der Waals surface area contributed by atoms with E-state index in [4.69, 9.17) is 11.6 Å². The highest BCUT2D eigenvalue weighted by Gasteiger charge is 2.05. The van der Waals surface area contributed by atoms with E-state index in [2.05, 4.69) is 20.8 Å². The molecule has 18 heavy (non-hydrogen) atoms. The van der Waals surface area contributed by atoms with Gasteiger partial charge in [0.2, 0.25) is 0 Å². The zero-order chi connectivity index (χ0) is 13.6. The Kier molecular flexibility index (Phi) is 13.9. The normalized spacial score (nSPS) is 14.7. The molecule has 0 N–H and O–H groups in total. The molecule has 0 aromatic rings. The molecule has 0 rings (SSSR count). The average Bonchev–Trinajstić information content (AvgIpc) is 2.30. The summed E-state index contributed by atoms with van der Waals surface area (Å²) < 4.78 is 0. The van der Waals surface area contributed by atoms with Gasteiger partial charge in [-0.05, 0) is 19.3 Å². The number of halogens is 1. The van der Waals surface area contributed by atoms with E-state index in [9.17, 15) is 0 Å². The van der Waals surface area contributed by atoms with Crippen molar-refractivity contribution >= 4 is 11.6 Å². The molecule has 0 aliphatic rings. The molecule has 1 heteroatoms. The molecule has 0 bridgehead atoms. The molecule has 0 aliphatic carbocycles. The SMILES string of the molecule is CCCCCCCCCCCCC(C)CC(C)Cl. The van der Waals surface area contributed by atoms with Gasteiger partial charge in [-0.1, -0.05) is 84.5 Å². The molecule has 0 spiro atoms. The molecular weight excluding hydrogens is 240 g/mol. The topological polar surface area (TPSA) is 0 Å². The number of rotatable bonds is 13. The van der Waals surface area contributed by atoms with Crippen LogP contribution in [0.25, 0.3) is 0 Å². The van der Waals surface area contributed by atoms with Crippen LogP contribution in [0, 0.1) is 5.92 Å². The predicted octanol–water partition coefficient (Wildman–Crippen LogP) is 6.95. The van der Waals surface area contributed by atoms with Gasteiger partial charge in [0.15, 0.2) is 0 Å². The van der Waals surface area contributed by atoms with Crippen LogP contribution in [-0.2, 0) is 0 Å². The molecule has 0 nitrogen and oxygen atoms in total. The molecule has 0 saturated heterocycles. The van der Waals surface area contributed by atoms with Crippen LogP contribution in [0.15, 0.2) is 0 Å². The third kappa shape index (κ3) is 14.4. The number of hydrogen-bond acceptors (Lipinski definition) is 0. The minimum atomic E-state index is 0.350. The molecule has 0 amide bonds. The molecule has 0 aromatic heterocycles. The molecule has 0 saturated carbocycles. The van der Waals surface area contributed by atoms with Crippen molar-refractivity contribution in [3.63, 3.8) is 0 Å². The van der Waals surface area contributed by atoms with Gasteiger partial charge in [-0.25, -0.2) is 0 Å². The van der Waals surface area contributed by atoms with Gasteiger partial charge in [-0.15, -0.1) is 11.6 Å². The van der Waals surface area contributed by atoms with E-state index in [1.807, 2.05) is 0 Å². The Morgan fingerprint density at radius 1 is 0.722 bits per heavy atom. The van der Waals surface area contributed by atoms with Crippen LogP contribution in [0.5, 0.6) is 0 Å². The first-order valence-corrected chi connectivity index (χ1v) is 8.74. The first-order valence-electron chi connectivity index (χ1n) is 8.30. The third-order valence-corrected chi connectivity index (χ3v) is 3.96. The first-order chi connectivity index (χ1) is 8.66. The smallest absolute Gasteiger partial charge is 0.0310 e. The summed E-state index contributed by atoms with van der Waals surface area (Å²) in [7, 11) is 0. The summed E-state index contributed by atoms with van der Waals surface area (Å²) in [6, 6.07) is 0. The van der Waals surface area contributed by atoms with Crippen LogP contribution >= 0.6 is 11.6 Å². The highest BCUT2D eigenvalue weighted by Crippen LogP contribution is 2.18. The zero-order valence-electron chi connectivity index (χ0n) is 13.0. The fourth-order valence-corrected chi connectivity index (χ4v) is 2.96. The van der Waals surface area contributed by atoms with Crippen LogP contribution in [0.4, 0.5) is 0 Å². The van der Waals surface area contributed by atoms with Crippen LogP contribution in [-0.4, -0.2) is 5.38 Å². The third-order valence-electron chi connectivity index (χ3n) is 3.78. The van der Waals surface area contributed by atoms with Crippen molar-refractivity contribution in [1.29, 1.82) is 0 Å². The van der Waals surface area contributed by atoms with Crippen molar-refractivity contribution in [3.8, 4) is 0 Å². The Balaban J connectivity index is 3.07. The molecule has 0 radical (unpaired) electrons. The van der Waals surface area contributed by atoms with Crippen molar-refractivity contribution in [3.05, 3.63) is 0 Å². The lowest BCUT2D eigenvalue weighted by Crippen LogP contribution is -2.01.